The lowest BCUT2D eigenvalue weighted by Crippen LogP contribution is -2.46. The molecule has 6 atom stereocenters. The largest absolute Gasteiger partial charge is 0.494 e. The van der Waals surface area contributed by atoms with Gasteiger partial charge < -0.3 is 44.5 Å². The minimum absolute atomic E-state index is 0.0663. The van der Waals surface area contributed by atoms with Crippen LogP contribution in [0.3, 0.4) is 0 Å². The van der Waals surface area contributed by atoms with Gasteiger partial charge in [0.05, 0.1) is 27.8 Å². The summed E-state index contributed by atoms with van der Waals surface area (Å²) in [6.45, 7) is 24.0. The van der Waals surface area contributed by atoms with Crippen molar-refractivity contribution >= 4 is 72.0 Å². The molecule has 3 aromatic heterocycles. The molecule has 3 aromatic carbocycles. The molecule has 3 fully saturated rings. The average molecular weight is 1090 g/mol. The van der Waals surface area contributed by atoms with Crippen molar-refractivity contribution in [2.75, 3.05) is 70.4 Å². The Balaban J connectivity index is 0.000000169. The van der Waals surface area contributed by atoms with E-state index in [9.17, 15) is 9.59 Å². The van der Waals surface area contributed by atoms with E-state index in [0.29, 0.717) is 36.5 Å². The van der Waals surface area contributed by atoms with E-state index in [2.05, 4.69) is 91.0 Å². The summed E-state index contributed by atoms with van der Waals surface area (Å²) in [6, 6.07) is 24.3. The summed E-state index contributed by atoms with van der Waals surface area (Å²) >= 11 is 3.46. The number of nitrogens with zero attached hydrogens (tertiary/aromatic N) is 5. The number of piperidine rings is 3. The van der Waals surface area contributed by atoms with Gasteiger partial charge in [0.2, 0.25) is 0 Å². The lowest BCUT2D eigenvalue weighted by Gasteiger charge is -2.38. The number of ether oxygens (including phenoxy) is 5. The molecule has 9 rings (SSSR count). The van der Waals surface area contributed by atoms with E-state index in [0.717, 1.165) is 119 Å². The molecule has 15 heteroatoms. The van der Waals surface area contributed by atoms with Crippen molar-refractivity contribution in [1.82, 2.24) is 20.3 Å². The Bertz CT molecular complexity index is 2810. The van der Waals surface area contributed by atoms with Gasteiger partial charge in [-0.25, -0.2) is 0 Å². The summed E-state index contributed by atoms with van der Waals surface area (Å²) in [5, 5.41) is 6.63. The molecule has 3 N–H and O–H groups in total. The van der Waals surface area contributed by atoms with Crippen LogP contribution in [0.25, 0.3) is 32.7 Å². The number of carbonyl (C=O) groups is 2. The van der Waals surface area contributed by atoms with E-state index in [1.807, 2.05) is 90.1 Å². The smallest absolute Gasteiger partial charge is 0.306 e. The Morgan fingerprint density at radius 2 is 1.00 bits per heavy atom. The number of aromatic nitrogens is 3. The fourth-order valence-electron chi connectivity index (χ4n) is 10.5. The highest BCUT2D eigenvalue weighted by atomic mass is 79.9. The molecular weight excluding hydrogens is 1010 g/mol. The summed E-state index contributed by atoms with van der Waals surface area (Å²) < 4.78 is 28.0. The molecular formula is C60H82BrN7O7. The van der Waals surface area contributed by atoms with E-state index >= 15 is 0 Å². The first-order valence-electron chi connectivity index (χ1n) is 26.5. The number of nitrogens with one attached hydrogen (secondary N) is 1. The number of anilines is 2. The van der Waals surface area contributed by atoms with Crippen LogP contribution in [0.5, 0.6) is 17.2 Å². The zero-order valence-corrected chi connectivity index (χ0v) is 48.0. The maximum atomic E-state index is 12.3. The number of nitrogens with two attached hydrogens (primary N) is 1. The van der Waals surface area contributed by atoms with Gasteiger partial charge in [-0.3, -0.25) is 24.5 Å². The minimum atomic E-state index is -0.436. The number of carbonyl (C=O) groups excluding carboxylic acids is 2. The molecule has 6 heterocycles. The van der Waals surface area contributed by atoms with Crippen LogP contribution in [0.4, 0.5) is 11.4 Å². The molecule has 0 amide bonds. The van der Waals surface area contributed by atoms with Crippen molar-refractivity contribution in [3.8, 4) is 17.2 Å². The van der Waals surface area contributed by atoms with Gasteiger partial charge in [0.15, 0.2) is 0 Å². The number of pyridine rings is 3. The highest BCUT2D eigenvalue weighted by Crippen LogP contribution is 2.37. The van der Waals surface area contributed by atoms with Crippen LogP contribution in [0, 0.1) is 29.6 Å². The maximum absolute atomic E-state index is 12.3. The highest BCUT2D eigenvalue weighted by molar-refractivity contribution is 9.10. The molecule has 14 nitrogen and oxygen atoms in total. The van der Waals surface area contributed by atoms with Crippen LogP contribution in [0.1, 0.15) is 94.4 Å². The predicted octanol–water partition coefficient (Wildman–Crippen LogP) is 11.8. The number of hydrogen-bond acceptors (Lipinski definition) is 14. The van der Waals surface area contributed by atoms with Crippen LogP contribution >= 0.6 is 15.9 Å². The lowest BCUT2D eigenvalue weighted by atomic mass is 9.87. The zero-order valence-electron chi connectivity index (χ0n) is 46.5. The van der Waals surface area contributed by atoms with Crippen LogP contribution in [0.15, 0.2) is 95.9 Å². The third-order valence-electron chi connectivity index (χ3n) is 13.3. The lowest BCUT2D eigenvalue weighted by molar-refractivity contribution is -0.157. The van der Waals surface area contributed by atoms with Crippen molar-refractivity contribution in [2.24, 2.45) is 35.3 Å². The van der Waals surface area contributed by atoms with Crippen molar-refractivity contribution < 1.29 is 33.3 Å². The number of hydrogen-bond donors (Lipinski definition) is 2. The molecule has 3 aliphatic heterocycles. The molecule has 0 aliphatic carbocycles. The summed E-state index contributed by atoms with van der Waals surface area (Å²) in [6.07, 6.45) is 9.64. The Morgan fingerprint density at radius 3 is 1.47 bits per heavy atom. The molecule has 3 aliphatic rings. The summed E-state index contributed by atoms with van der Waals surface area (Å²) in [4.78, 5) is 41.9. The van der Waals surface area contributed by atoms with Gasteiger partial charge >= 0.3 is 11.9 Å². The second-order valence-electron chi connectivity index (χ2n) is 22.6. The van der Waals surface area contributed by atoms with Gasteiger partial charge in [-0.15, -0.1) is 0 Å². The molecule has 0 radical (unpaired) electrons. The van der Waals surface area contributed by atoms with Gasteiger partial charge in [0.25, 0.3) is 0 Å². The summed E-state index contributed by atoms with van der Waals surface area (Å²) in [7, 11) is 5.00. The number of methoxy groups -OCH3 is 3. The van der Waals surface area contributed by atoms with Gasteiger partial charge in [-0.1, -0.05) is 42.8 Å². The number of fused-ring (bicyclic) bond motifs is 3. The van der Waals surface area contributed by atoms with Crippen LogP contribution in [0.2, 0.25) is 0 Å². The van der Waals surface area contributed by atoms with E-state index in [4.69, 9.17) is 29.4 Å². The van der Waals surface area contributed by atoms with Gasteiger partial charge in [0.1, 0.15) is 45.0 Å². The Kier molecular flexibility index (Phi) is 20.9. The SMILES string of the molecule is COc1ccc(Br)c2cccnc12.COc1ccc(N2C[C@@H](C)C[C@@H](CC(=O)OC(C)(C)C)C2)c2cccnc12.COc1ccc(N2C[C@@H](C)C[C@@H](N)C2)c2cccnc12.C[C@@H]1CNC[C@H](CC(=O)OC(C)(C)C)C1. The van der Waals surface area contributed by atoms with Crippen molar-refractivity contribution in [3.63, 3.8) is 0 Å². The second-order valence-corrected chi connectivity index (χ2v) is 23.4. The first-order chi connectivity index (χ1) is 35.6. The Hall–Kier alpha value is -5.77. The van der Waals surface area contributed by atoms with Crippen LogP contribution in [-0.2, 0) is 19.1 Å². The fraction of sp³-hybridized carbons (Fsp3) is 0.517. The Labute approximate surface area is 453 Å². The summed E-state index contributed by atoms with van der Waals surface area (Å²) in [5.41, 5.74) is 10.4. The van der Waals surface area contributed by atoms with E-state index in [1.54, 1.807) is 39.9 Å². The molecule has 0 bridgehead atoms. The number of benzene rings is 3. The van der Waals surface area contributed by atoms with Crippen LogP contribution < -0.4 is 35.1 Å². The third kappa shape index (κ3) is 17.1. The average Bonchev–Trinajstić information content (AvgIpc) is 3.35. The number of rotatable bonds is 9. The zero-order chi connectivity index (χ0) is 54.5. The Morgan fingerprint density at radius 1 is 0.573 bits per heavy atom. The molecule has 75 heavy (non-hydrogen) atoms. The number of halogens is 1. The summed E-state index contributed by atoms with van der Waals surface area (Å²) in [5.74, 6) is 4.77. The monoisotopic (exact) mass is 1090 g/mol. The molecule has 406 valence electrons. The second kappa shape index (κ2) is 26.8. The predicted molar refractivity (Wildman–Crippen MR) is 307 cm³/mol. The van der Waals surface area contributed by atoms with Crippen LogP contribution in [-0.4, -0.2) is 105 Å². The molecule has 0 spiro atoms. The molecule has 3 saturated heterocycles. The highest BCUT2D eigenvalue weighted by Gasteiger charge is 2.30. The van der Waals surface area contributed by atoms with Crippen molar-refractivity contribution in [3.05, 3.63) is 95.9 Å². The van der Waals surface area contributed by atoms with Gasteiger partial charge in [0, 0.05) is 89.2 Å². The first-order valence-corrected chi connectivity index (χ1v) is 27.2. The standard InChI is InChI=1S/C22H30N2O3.C16H21N3O.C12H23NO2.C10H8BrNO/c1-15-11-16(12-20(25)27-22(2,3)4)14-24(13-15)18-8-9-19(26-5)21-17(18)7-6-10-23-21;1-11-8-12(17)10-19(9-11)14-5-6-15(20-2)16-13(14)4-3-7-18-16;1-9-5-10(8-13-7-9)6-11(14)15-12(2,3)4;1-13-9-5-4-8(11)7-3-2-6-12-10(7)9/h6-10,15-16H,11-14H2,1-5H3;3-7,11-12H,8-10,17H2,1-2H3;9-10,13H,5-8H2,1-4H3;2-6H,1H3/t15-,16-;11-,12+;9-,10-;/m000./s1. The van der Waals surface area contributed by atoms with Crippen molar-refractivity contribution in [1.29, 1.82) is 0 Å². The minimum Gasteiger partial charge on any atom is -0.494 e. The van der Waals surface area contributed by atoms with E-state index in [-0.39, 0.29) is 29.5 Å². The molecule has 0 saturated carbocycles. The molecule has 6 aromatic rings. The van der Waals surface area contributed by atoms with Gasteiger partial charge in [-0.05, 0) is 170 Å². The molecule has 0 unspecified atom stereocenters. The van der Waals surface area contributed by atoms with Gasteiger partial charge in [-0.2, -0.15) is 0 Å². The maximum Gasteiger partial charge on any atom is 0.306 e. The normalized spacial score (nSPS) is 20.8. The third-order valence-corrected chi connectivity index (χ3v) is 14.0. The van der Waals surface area contributed by atoms with E-state index in [1.165, 1.54) is 5.69 Å². The van der Waals surface area contributed by atoms with Crippen molar-refractivity contribution in [2.45, 2.75) is 112 Å². The quantitative estimate of drug-likeness (QED) is 0.131. The number of esters is 2. The first kappa shape index (κ1) is 58.5. The topological polar surface area (TPSA) is 163 Å². The van der Waals surface area contributed by atoms with E-state index < -0.39 is 5.60 Å². The fourth-order valence-corrected chi connectivity index (χ4v) is 11.0.